The summed E-state index contributed by atoms with van der Waals surface area (Å²) in [6.45, 7) is 1.04. The van der Waals surface area contributed by atoms with Gasteiger partial charge >= 0.3 is 11.9 Å². The third kappa shape index (κ3) is 7.16. The maximum absolute atomic E-state index is 9.10. The van der Waals surface area contributed by atoms with Crippen LogP contribution in [0.25, 0.3) is 22.0 Å². The number of fused-ring (bicyclic) bond motifs is 1. The van der Waals surface area contributed by atoms with Crippen molar-refractivity contribution in [3.8, 4) is 11.1 Å². The van der Waals surface area contributed by atoms with Crippen LogP contribution in [0.15, 0.2) is 64.1 Å². The lowest BCUT2D eigenvalue weighted by molar-refractivity contribution is -0.159. The van der Waals surface area contributed by atoms with Gasteiger partial charge in [-0.05, 0) is 43.9 Å². The molecule has 3 rings (SSSR count). The molecule has 0 spiro atoms. The van der Waals surface area contributed by atoms with Crippen molar-refractivity contribution in [1.29, 1.82) is 0 Å². The molecule has 0 saturated carbocycles. The van der Waals surface area contributed by atoms with Gasteiger partial charge in [0.2, 0.25) is 0 Å². The van der Waals surface area contributed by atoms with Crippen LogP contribution in [0.3, 0.4) is 0 Å². The fraction of sp³-hybridized carbons (Fsp3) is 0.190. The molecule has 0 bridgehead atoms. The number of benzene rings is 2. The highest BCUT2D eigenvalue weighted by molar-refractivity contribution is 9.10. The Hall–Kier alpha value is -2.42. The molecular weight excluding hydrogens is 456 g/mol. The van der Waals surface area contributed by atoms with E-state index in [1.807, 2.05) is 23.9 Å². The van der Waals surface area contributed by atoms with E-state index in [0.29, 0.717) is 0 Å². The van der Waals surface area contributed by atoms with Crippen molar-refractivity contribution in [3.63, 3.8) is 0 Å². The molecule has 6 nitrogen and oxygen atoms in total. The van der Waals surface area contributed by atoms with Gasteiger partial charge in [-0.25, -0.2) is 14.6 Å². The van der Waals surface area contributed by atoms with E-state index in [2.05, 4.69) is 77.4 Å². The molecule has 3 aromatic rings. The topological polar surface area (TPSA) is 90.7 Å². The lowest BCUT2D eigenvalue weighted by Gasteiger charge is -2.13. The second kappa shape index (κ2) is 10.9. The molecule has 8 heteroatoms. The van der Waals surface area contributed by atoms with Crippen LogP contribution in [0.2, 0.25) is 0 Å². The molecule has 0 aliphatic rings. The fourth-order valence-corrected chi connectivity index (χ4v) is 3.91. The number of hydrogen-bond donors (Lipinski definition) is 2. The maximum atomic E-state index is 9.10. The van der Waals surface area contributed by atoms with Crippen molar-refractivity contribution in [3.05, 3.63) is 59.1 Å². The monoisotopic (exact) mass is 476 g/mol. The van der Waals surface area contributed by atoms with Crippen molar-refractivity contribution < 1.29 is 19.8 Å². The minimum absolute atomic E-state index is 1.03. The summed E-state index contributed by atoms with van der Waals surface area (Å²) in [7, 11) is 4.20. The van der Waals surface area contributed by atoms with Gasteiger partial charge in [0.25, 0.3) is 0 Å². The van der Waals surface area contributed by atoms with Gasteiger partial charge in [0.15, 0.2) is 0 Å². The van der Waals surface area contributed by atoms with Gasteiger partial charge in [-0.15, -0.1) is 11.8 Å². The van der Waals surface area contributed by atoms with E-state index in [4.69, 9.17) is 24.8 Å². The minimum Gasteiger partial charge on any atom is -0.473 e. The van der Waals surface area contributed by atoms with E-state index in [1.165, 1.54) is 11.1 Å². The smallest absolute Gasteiger partial charge is 0.414 e. The van der Waals surface area contributed by atoms with Crippen LogP contribution in [-0.2, 0) is 9.59 Å². The normalized spacial score (nSPS) is 10.5. The summed E-state index contributed by atoms with van der Waals surface area (Å²) in [5.74, 6) is -2.62. The highest BCUT2D eigenvalue weighted by atomic mass is 79.9. The highest BCUT2D eigenvalue weighted by Crippen LogP contribution is 2.33. The van der Waals surface area contributed by atoms with E-state index in [1.54, 1.807) is 0 Å². The maximum Gasteiger partial charge on any atom is 0.414 e. The molecule has 29 heavy (non-hydrogen) atoms. The third-order valence-electron chi connectivity index (χ3n) is 3.79. The fourth-order valence-electron chi connectivity index (χ4n) is 2.39. The molecule has 2 aromatic carbocycles. The average Bonchev–Trinajstić information content (AvgIpc) is 2.68. The molecule has 0 amide bonds. The van der Waals surface area contributed by atoms with Crippen molar-refractivity contribution in [2.24, 2.45) is 0 Å². The first-order chi connectivity index (χ1) is 13.8. The molecule has 0 unspecified atom stereocenters. The van der Waals surface area contributed by atoms with Crippen LogP contribution in [0, 0.1) is 0 Å². The molecule has 0 fully saturated rings. The van der Waals surface area contributed by atoms with Gasteiger partial charge in [-0.3, -0.25) is 0 Å². The Morgan fingerprint density at radius 1 is 1.03 bits per heavy atom. The first kappa shape index (κ1) is 22.9. The molecule has 0 aliphatic carbocycles. The highest BCUT2D eigenvalue weighted by Gasteiger charge is 2.10. The third-order valence-corrected chi connectivity index (χ3v) is 5.25. The molecule has 0 radical (unpaired) electrons. The zero-order chi connectivity index (χ0) is 21.4. The lowest BCUT2D eigenvalue weighted by Crippen LogP contribution is -2.14. The van der Waals surface area contributed by atoms with E-state index in [9.17, 15) is 0 Å². The number of nitrogens with zero attached hydrogens (tertiary/aromatic N) is 2. The van der Waals surface area contributed by atoms with Crippen molar-refractivity contribution >= 4 is 50.5 Å². The second-order valence-corrected chi connectivity index (χ2v) is 8.31. The summed E-state index contributed by atoms with van der Waals surface area (Å²) in [6, 6.07) is 19.0. The largest absolute Gasteiger partial charge is 0.473 e. The van der Waals surface area contributed by atoms with Crippen LogP contribution >= 0.6 is 27.7 Å². The standard InChI is InChI=1S/C19H19BrN2S.C2H2O4/c1-22(2)10-11-23-19-17(14-6-4-3-5-7-14)13-15-12-16(20)8-9-18(15)21-19;3-1(4)2(5)6/h3-9,12-13H,10-11H2,1-2H3;(H,3,4)(H,5,6). The van der Waals surface area contributed by atoms with Crippen molar-refractivity contribution in [1.82, 2.24) is 9.88 Å². The Bertz CT molecular complexity index is 985. The van der Waals surface area contributed by atoms with Crippen LogP contribution < -0.4 is 0 Å². The first-order valence-electron chi connectivity index (χ1n) is 8.67. The number of thioether (sulfide) groups is 1. The number of carboxylic acids is 2. The number of aliphatic carboxylic acids is 2. The van der Waals surface area contributed by atoms with Crippen molar-refractivity contribution in [2.45, 2.75) is 5.03 Å². The van der Waals surface area contributed by atoms with E-state index in [-0.39, 0.29) is 0 Å². The number of halogens is 1. The zero-order valence-electron chi connectivity index (χ0n) is 16.0. The molecular formula is C21H21BrN2O4S. The quantitative estimate of drug-likeness (QED) is 0.414. The van der Waals surface area contributed by atoms with Gasteiger partial charge in [-0.1, -0.05) is 46.3 Å². The number of carbonyl (C=O) groups is 2. The Morgan fingerprint density at radius 2 is 1.69 bits per heavy atom. The molecule has 152 valence electrons. The summed E-state index contributed by atoms with van der Waals surface area (Å²) in [5.41, 5.74) is 3.47. The summed E-state index contributed by atoms with van der Waals surface area (Å²) in [4.78, 5) is 25.3. The summed E-state index contributed by atoms with van der Waals surface area (Å²) >= 11 is 5.38. The molecule has 2 N–H and O–H groups in total. The number of carboxylic acid groups (broad SMARTS) is 2. The molecule has 0 saturated heterocycles. The van der Waals surface area contributed by atoms with Crippen molar-refractivity contribution in [2.75, 3.05) is 26.4 Å². The number of rotatable bonds is 5. The van der Waals surface area contributed by atoms with Crippen LogP contribution in [0.4, 0.5) is 0 Å². The minimum atomic E-state index is -1.82. The molecule has 1 aromatic heterocycles. The first-order valence-corrected chi connectivity index (χ1v) is 10.4. The average molecular weight is 477 g/mol. The van der Waals surface area contributed by atoms with Gasteiger partial charge in [0, 0.05) is 27.7 Å². The predicted molar refractivity (Wildman–Crippen MR) is 119 cm³/mol. The Kier molecular flexibility index (Phi) is 8.63. The summed E-state index contributed by atoms with van der Waals surface area (Å²) < 4.78 is 1.08. The molecule has 1 heterocycles. The second-order valence-electron chi connectivity index (χ2n) is 6.31. The summed E-state index contributed by atoms with van der Waals surface area (Å²) in [6.07, 6.45) is 0. The van der Waals surface area contributed by atoms with Crippen LogP contribution in [0.1, 0.15) is 0 Å². The zero-order valence-corrected chi connectivity index (χ0v) is 18.4. The van der Waals surface area contributed by atoms with Crippen LogP contribution in [-0.4, -0.2) is 58.4 Å². The molecule has 0 aliphatic heterocycles. The number of hydrogen-bond acceptors (Lipinski definition) is 5. The van der Waals surface area contributed by atoms with Crippen LogP contribution in [0.5, 0.6) is 0 Å². The Morgan fingerprint density at radius 3 is 2.28 bits per heavy atom. The van der Waals surface area contributed by atoms with E-state index < -0.39 is 11.9 Å². The van der Waals surface area contributed by atoms with Gasteiger partial charge in [-0.2, -0.15) is 0 Å². The predicted octanol–water partition coefficient (Wildman–Crippen LogP) is 4.47. The lowest BCUT2D eigenvalue weighted by atomic mass is 10.1. The van der Waals surface area contributed by atoms with E-state index >= 15 is 0 Å². The Balaban J connectivity index is 0.000000438. The Labute approximate surface area is 181 Å². The van der Waals surface area contributed by atoms with E-state index in [0.717, 1.165) is 32.7 Å². The van der Waals surface area contributed by atoms with Gasteiger partial charge in [0.1, 0.15) is 5.03 Å². The number of pyridine rings is 1. The van der Waals surface area contributed by atoms with Gasteiger partial charge < -0.3 is 15.1 Å². The molecule has 0 atom stereocenters. The van der Waals surface area contributed by atoms with Gasteiger partial charge in [0.05, 0.1) is 5.52 Å². The summed E-state index contributed by atoms with van der Waals surface area (Å²) in [5, 5.41) is 17.0. The SMILES string of the molecule is CN(C)CCSc1nc2ccc(Br)cc2cc1-c1ccccc1.O=C(O)C(=O)O. The number of aromatic nitrogens is 1.